The summed E-state index contributed by atoms with van der Waals surface area (Å²) >= 11 is 10.3. The molecule has 2 nitrogen and oxygen atoms in total. The van der Waals surface area contributed by atoms with Crippen LogP contribution in [-0.2, 0) is 0 Å². The van der Waals surface area contributed by atoms with E-state index in [1.807, 2.05) is 0 Å². The van der Waals surface area contributed by atoms with Crippen molar-refractivity contribution in [2.45, 2.75) is 6.10 Å². The smallest absolute Gasteiger partial charge is 0.129 e. The van der Waals surface area contributed by atoms with Crippen LogP contribution in [0.1, 0.15) is 11.7 Å². The summed E-state index contributed by atoms with van der Waals surface area (Å²) in [4.78, 5) is 0.0530. The summed E-state index contributed by atoms with van der Waals surface area (Å²) in [6.07, 6.45) is -0.904. The zero-order chi connectivity index (χ0) is 9.14. The second kappa shape index (κ2) is 3.85. The number of hydrogen-bond acceptors (Lipinski definition) is 2. The molecule has 0 aliphatic carbocycles. The number of rotatable bonds is 2. The van der Waals surface area contributed by atoms with E-state index in [1.54, 1.807) is 24.3 Å². The van der Waals surface area contributed by atoms with Gasteiger partial charge in [-0.2, -0.15) is 0 Å². The van der Waals surface area contributed by atoms with Crippen LogP contribution in [0.25, 0.3) is 0 Å². The van der Waals surface area contributed by atoms with Gasteiger partial charge in [-0.3, -0.25) is 0 Å². The number of halogens is 1. The molecule has 0 radical (unpaired) electrons. The van der Waals surface area contributed by atoms with Gasteiger partial charge in [0.1, 0.15) is 11.1 Å². The van der Waals surface area contributed by atoms with Crippen molar-refractivity contribution in [1.29, 1.82) is 0 Å². The Morgan fingerprint density at radius 1 is 1.58 bits per heavy atom. The Morgan fingerprint density at radius 3 is 2.75 bits per heavy atom. The molecule has 0 amide bonds. The number of thiocarbonyl (C=S) groups is 1. The van der Waals surface area contributed by atoms with Gasteiger partial charge in [0.05, 0.1) is 0 Å². The van der Waals surface area contributed by atoms with E-state index >= 15 is 0 Å². The average molecular weight is 202 g/mol. The summed E-state index contributed by atoms with van der Waals surface area (Å²) < 4.78 is 0. The molecule has 0 heterocycles. The average Bonchev–Trinajstić information content (AvgIpc) is 2.03. The van der Waals surface area contributed by atoms with Gasteiger partial charge in [0.15, 0.2) is 0 Å². The van der Waals surface area contributed by atoms with Crippen LogP contribution < -0.4 is 5.73 Å². The summed E-state index contributed by atoms with van der Waals surface area (Å²) in [6, 6.07) is 6.80. The van der Waals surface area contributed by atoms with E-state index in [9.17, 15) is 5.11 Å². The Morgan fingerprint density at radius 2 is 2.25 bits per heavy atom. The molecule has 0 bridgehead atoms. The maximum Gasteiger partial charge on any atom is 0.129 e. The Kier molecular flexibility index (Phi) is 3.03. The number of hydrogen-bond donors (Lipinski definition) is 2. The van der Waals surface area contributed by atoms with Crippen molar-refractivity contribution in [3.63, 3.8) is 0 Å². The first-order valence-electron chi connectivity index (χ1n) is 3.34. The summed E-state index contributed by atoms with van der Waals surface area (Å²) in [5.41, 5.74) is 5.88. The lowest BCUT2D eigenvalue weighted by Crippen LogP contribution is -2.18. The largest absolute Gasteiger partial charge is 0.391 e. The molecule has 1 rings (SSSR count). The van der Waals surface area contributed by atoms with Gasteiger partial charge in [0.2, 0.25) is 0 Å². The van der Waals surface area contributed by atoms with Gasteiger partial charge in [-0.05, 0) is 17.7 Å². The zero-order valence-corrected chi connectivity index (χ0v) is 7.77. The third kappa shape index (κ3) is 2.17. The van der Waals surface area contributed by atoms with Crippen LogP contribution in [0.4, 0.5) is 0 Å². The van der Waals surface area contributed by atoms with Crippen molar-refractivity contribution >= 4 is 28.8 Å². The minimum absolute atomic E-state index is 0.0530. The second-order valence-electron chi connectivity index (χ2n) is 2.36. The fraction of sp³-hybridized carbons (Fsp3) is 0.125. The van der Waals surface area contributed by atoms with Crippen LogP contribution in [0.5, 0.6) is 0 Å². The van der Waals surface area contributed by atoms with E-state index in [-0.39, 0.29) is 4.99 Å². The molecule has 3 N–H and O–H groups in total. The van der Waals surface area contributed by atoms with Crippen LogP contribution in [0.2, 0.25) is 5.02 Å². The molecule has 0 aromatic heterocycles. The van der Waals surface area contributed by atoms with Crippen LogP contribution >= 0.6 is 23.8 Å². The highest BCUT2D eigenvalue weighted by Gasteiger charge is 2.09. The summed E-state index contributed by atoms with van der Waals surface area (Å²) in [5.74, 6) is 0. The minimum Gasteiger partial charge on any atom is -0.391 e. The van der Waals surface area contributed by atoms with E-state index in [0.717, 1.165) is 0 Å². The van der Waals surface area contributed by atoms with Gasteiger partial charge < -0.3 is 10.8 Å². The molecule has 1 aromatic rings. The van der Waals surface area contributed by atoms with E-state index in [1.165, 1.54) is 0 Å². The fourth-order valence-corrected chi connectivity index (χ4v) is 1.18. The van der Waals surface area contributed by atoms with Crippen molar-refractivity contribution in [2.24, 2.45) is 5.73 Å². The number of benzene rings is 1. The number of aliphatic hydroxyl groups is 1. The molecule has 0 saturated heterocycles. The highest BCUT2D eigenvalue weighted by molar-refractivity contribution is 7.80. The van der Waals surface area contributed by atoms with Crippen molar-refractivity contribution in [3.8, 4) is 0 Å². The Hall–Kier alpha value is -0.640. The van der Waals surface area contributed by atoms with Gasteiger partial charge in [-0.1, -0.05) is 36.0 Å². The molecule has 0 spiro atoms. The molecule has 1 aromatic carbocycles. The van der Waals surface area contributed by atoms with Crippen LogP contribution in [-0.4, -0.2) is 10.1 Å². The molecular weight excluding hydrogens is 194 g/mol. The summed E-state index contributed by atoms with van der Waals surface area (Å²) in [6.45, 7) is 0. The quantitative estimate of drug-likeness (QED) is 0.716. The SMILES string of the molecule is NC(=S)C(O)c1cccc(Cl)c1. The van der Waals surface area contributed by atoms with Crippen LogP contribution in [0.15, 0.2) is 24.3 Å². The van der Waals surface area contributed by atoms with E-state index < -0.39 is 6.10 Å². The minimum atomic E-state index is -0.904. The van der Waals surface area contributed by atoms with Crippen molar-refractivity contribution in [1.82, 2.24) is 0 Å². The second-order valence-corrected chi connectivity index (χ2v) is 3.27. The summed E-state index contributed by atoms with van der Waals surface area (Å²) in [7, 11) is 0. The Bertz CT molecular complexity index is 303. The standard InChI is InChI=1S/C8H8ClNOS/c9-6-3-1-2-5(4-6)7(11)8(10)12/h1-4,7,11H,(H2,10,12). The molecule has 0 aliphatic heterocycles. The van der Waals surface area contributed by atoms with E-state index in [2.05, 4.69) is 12.2 Å². The first-order chi connectivity index (χ1) is 5.61. The topological polar surface area (TPSA) is 46.2 Å². The molecule has 1 unspecified atom stereocenters. The predicted octanol–water partition coefficient (Wildman–Crippen LogP) is 1.66. The molecule has 12 heavy (non-hydrogen) atoms. The van der Waals surface area contributed by atoms with E-state index in [0.29, 0.717) is 10.6 Å². The van der Waals surface area contributed by atoms with Crippen LogP contribution in [0, 0.1) is 0 Å². The number of nitrogens with two attached hydrogens (primary N) is 1. The Labute approximate surface area is 81.0 Å². The highest BCUT2D eigenvalue weighted by Crippen LogP contribution is 2.17. The molecule has 0 fully saturated rings. The lowest BCUT2D eigenvalue weighted by molar-refractivity contribution is 0.249. The molecular formula is C8H8ClNOS. The molecule has 0 aliphatic rings. The first-order valence-corrected chi connectivity index (χ1v) is 4.12. The number of aliphatic hydroxyl groups excluding tert-OH is 1. The first kappa shape index (κ1) is 9.45. The van der Waals surface area contributed by atoms with Gasteiger partial charge in [0.25, 0.3) is 0 Å². The summed E-state index contributed by atoms with van der Waals surface area (Å²) in [5, 5.41) is 9.96. The third-order valence-corrected chi connectivity index (χ3v) is 1.89. The monoisotopic (exact) mass is 201 g/mol. The van der Waals surface area contributed by atoms with Crippen molar-refractivity contribution < 1.29 is 5.11 Å². The van der Waals surface area contributed by atoms with Crippen LogP contribution in [0.3, 0.4) is 0 Å². The third-order valence-electron chi connectivity index (χ3n) is 1.43. The molecule has 1 atom stereocenters. The maximum absolute atomic E-state index is 9.40. The van der Waals surface area contributed by atoms with E-state index in [4.69, 9.17) is 17.3 Å². The van der Waals surface area contributed by atoms with Crippen molar-refractivity contribution in [2.75, 3.05) is 0 Å². The Balaban J connectivity index is 2.95. The van der Waals surface area contributed by atoms with Gasteiger partial charge in [0, 0.05) is 5.02 Å². The normalized spacial score (nSPS) is 12.5. The molecule has 4 heteroatoms. The lowest BCUT2D eigenvalue weighted by Gasteiger charge is -2.08. The predicted molar refractivity (Wildman–Crippen MR) is 53.2 cm³/mol. The van der Waals surface area contributed by atoms with Gasteiger partial charge in [-0.25, -0.2) is 0 Å². The highest BCUT2D eigenvalue weighted by atomic mass is 35.5. The van der Waals surface area contributed by atoms with Crippen molar-refractivity contribution in [3.05, 3.63) is 34.9 Å². The molecule has 64 valence electrons. The lowest BCUT2D eigenvalue weighted by atomic mass is 10.1. The van der Waals surface area contributed by atoms with Gasteiger partial charge >= 0.3 is 0 Å². The van der Waals surface area contributed by atoms with Gasteiger partial charge in [-0.15, -0.1) is 0 Å². The molecule has 0 saturated carbocycles. The zero-order valence-electron chi connectivity index (χ0n) is 6.20. The maximum atomic E-state index is 9.40. The fourth-order valence-electron chi connectivity index (χ4n) is 0.841.